The predicted octanol–water partition coefficient (Wildman–Crippen LogP) is 0.826. The minimum atomic E-state index is -0.578. The quantitative estimate of drug-likeness (QED) is 0.857. The first kappa shape index (κ1) is 14.0. The van der Waals surface area contributed by atoms with Crippen molar-refractivity contribution in [3.63, 3.8) is 0 Å². The fraction of sp³-hybridized carbons (Fsp3) is 0.583. The monoisotopic (exact) mass is 284 g/mol. The Hall–Kier alpha value is -1.40. The van der Waals surface area contributed by atoms with Crippen LogP contribution in [-0.4, -0.2) is 40.4 Å². The van der Waals surface area contributed by atoms with E-state index in [1.54, 1.807) is 6.92 Å². The van der Waals surface area contributed by atoms with Crippen LogP contribution in [0.1, 0.15) is 30.1 Å². The lowest BCUT2D eigenvalue weighted by molar-refractivity contribution is 0.0999. The molecule has 2 atom stereocenters. The number of aromatic nitrogens is 2. The number of hydrogen-bond donors (Lipinski definition) is 2. The minimum absolute atomic E-state index is 0.140. The number of carbonyl (C=O) groups excluding carboxylic acids is 1. The number of anilines is 1. The second-order valence-electron chi connectivity index (χ2n) is 4.86. The Labute approximate surface area is 116 Å². The van der Waals surface area contributed by atoms with E-state index in [0.29, 0.717) is 12.4 Å². The van der Waals surface area contributed by atoms with Gasteiger partial charge < -0.3 is 15.7 Å². The smallest absolute Gasteiger partial charge is 0.252 e. The summed E-state index contributed by atoms with van der Waals surface area (Å²) < 4.78 is 0. The Morgan fingerprint density at radius 2 is 2.37 bits per heavy atom. The molecule has 0 spiro atoms. The molecule has 1 aliphatic rings. The van der Waals surface area contributed by atoms with E-state index in [9.17, 15) is 9.90 Å². The Kier molecular flexibility index (Phi) is 4.21. The lowest BCUT2D eigenvalue weighted by Crippen LogP contribution is -2.41. The molecule has 0 aliphatic carbocycles. The molecule has 1 saturated heterocycles. The average Bonchev–Trinajstić information content (AvgIpc) is 2.38. The van der Waals surface area contributed by atoms with Crippen molar-refractivity contribution >= 4 is 23.3 Å². The molecule has 1 amide bonds. The van der Waals surface area contributed by atoms with Crippen molar-refractivity contribution in [2.45, 2.75) is 25.9 Å². The van der Waals surface area contributed by atoms with Crippen LogP contribution < -0.4 is 10.6 Å². The van der Waals surface area contributed by atoms with Crippen molar-refractivity contribution in [1.29, 1.82) is 0 Å². The topological polar surface area (TPSA) is 92.3 Å². The van der Waals surface area contributed by atoms with Gasteiger partial charge in [-0.15, -0.1) is 10.2 Å². The molecule has 6 nitrogen and oxygen atoms in total. The van der Waals surface area contributed by atoms with Crippen LogP contribution in [0.5, 0.6) is 0 Å². The van der Waals surface area contributed by atoms with Gasteiger partial charge in [-0.3, -0.25) is 4.79 Å². The fourth-order valence-corrected chi connectivity index (χ4v) is 2.52. The number of rotatable bonds is 3. The zero-order chi connectivity index (χ0) is 14.0. The van der Waals surface area contributed by atoms with Gasteiger partial charge in [0.15, 0.2) is 11.0 Å². The van der Waals surface area contributed by atoms with E-state index in [1.165, 1.54) is 6.07 Å². The summed E-state index contributed by atoms with van der Waals surface area (Å²) in [7, 11) is 0. The number of nitrogens with two attached hydrogens (primary N) is 1. The first-order chi connectivity index (χ1) is 8.99. The number of aliphatic hydroxyl groups excluding tert-OH is 1. The van der Waals surface area contributed by atoms with Gasteiger partial charge in [0.05, 0.1) is 11.7 Å². The highest BCUT2D eigenvalue weighted by Crippen LogP contribution is 2.26. The molecule has 1 aliphatic heterocycles. The summed E-state index contributed by atoms with van der Waals surface area (Å²) in [4.78, 5) is 13.4. The van der Waals surface area contributed by atoms with Gasteiger partial charge >= 0.3 is 0 Å². The van der Waals surface area contributed by atoms with Gasteiger partial charge in [0.1, 0.15) is 0 Å². The third kappa shape index (κ3) is 3.13. The van der Waals surface area contributed by atoms with Crippen molar-refractivity contribution in [3.8, 4) is 0 Å². The number of hydrogen-bond acceptors (Lipinski definition) is 5. The molecule has 0 aromatic carbocycles. The summed E-state index contributed by atoms with van der Waals surface area (Å²) in [6.45, 7) is 3.17. The second kappa shape index (κ2) is 5.71. The van der Waals surface area contributed by atoms with Crippen LogP contribution in [0.25, 0.3) is 0 Å². The largest absolute Gasteiger partial charge is 0.393 e. The van der Waals surface area contributed by atoms with Crippen LogP contribution >= 0.6 is 11.6 Å². The molecule has 1 fully saturated rings. The Morgan fingerprint density at radius 3 is 3.00 bits per heavy atom. The fourth-order valence-electron chi connectivity index (χ4n) is 2.37. The summed E-state index contributed by atoms with van der Waals surface area (Å²) in [5.74, 6) is 0.0279. The SMILES string of the molecule is CC(O)C1CCCN(c2nnc(Cl)cc2C(N)=O)C1. The van der Waals surface area contributed by atoms with Crippen LogP contribution in [0.3, 0.4) is 0 Å². The Bertz CT molecular complexity index is 481. The van der Waals surface area contributed by atoms with Gasteiger partial charge in [0, 0.05) is 19.0 Å². The summed E-state index contributed by atoms with van der Waals surface area (Å²) >= 11 is 5.74. The van der Waals surface area contributed by atoms with E-state index >= 15 is 0 Å². The zero-order valence-corrected chi connectivity index (χ0v) is 11.5. The maximum Gasteiger partial charge on any atom is 0.252 e. The summed E-state index contributed by atoms with van der Waals surface area (Å²) in [6, 6.07) is 1.43. The van der Waals surface area contributed by atoms with Crippen molar-refractivity contribution in [2.24, 2.45) is 11.7 Å². The zero-order valence-electron chi connectivity index (χ0n) is 10.7. The van der Waals surface area contributed by atoms with Crippen molar-refractivity contribution in [1.82, 2.24) is 10.2 Å². The third-order valence-corrected chi connectivity index (χ3v) is 3.63. The maximum absolute atomic E-state index is 11.5. The van der Waals surface area contributed by atoms with Crippen LogP contribution in [0, 0.1) is 5.92 Å². The van der Waals surface area contributed by atoms with E-state index in [-0.39, 0.29) is 22.7 Å². The first-order valence-corrected chi connectivity index (χ1v) is 6.63. The highest BCUT2D eigenvalue weighted by Gasteiger charge is 2.27. The van der Waals surface area contributed by atoms with Crippen molar-refractivity contribution < 1.29 is 9.90 Å². The number of halogens is 1. The molecular formula is C12H17ClN4O2. The molecule has 0 saturated carbocycles. The predicted molar refractivity (Wildman–Crippen MR) is 72.2 cm³/mol. The Morgan fingerprint density at radius 1 is 1.63 bits per heavy atom. The number of primary amides is 1. The number of carbonyl (C=O) groups is 1. The third-order valence-electron chi connectivity index (χ3n) is 3.45. The average molecular weight is 285 g/mol. The molecule has 3 N–H and O–H groups in total. The molecule has 1 aromatic heterocycles. The number of nitrogens with zero attached hydrogens (tertiary/aromatic N) is 3. The Balaban J connectivity index is 2.28. The molecule has 1 aromatic rings. The van der Waals surface area contributed by atoms with E-state index in [4.69, 9.17) is 17.3 Å². The molecule has 2 heterocycles. The number of amides is 1. The summed E-state index contributed by atoms with van der Waals surface area (Å²) in [5, 5.41) is 17.6. The van der Waals surface area contributed by atoms with Crippen molar-refractivity contribution in [2.75, 3.05) is 18.0 Å². The molecule has 0 bridgehead atoms. The van der Waals surface area contributed by atoms with Crippen LogP contribution in [0.15, 0.2) is 6.07 Å². The van der Waals surface area contributed by atoms with E-state index in [0.717, 1.165) is 19.4 Å². The van der Waals surface area contributed by atoms with Crippen LogP contribution in [0.4, 0.5) is 5.82 Å². The lowest BCUT2D eigenvalue weighted by atomic mass is 9.93. The molecule has 7 heteroatoms. The standard InChI is InChI=1S/C12H17ClN4O2/c1-7(18)8-3-2-4-17(6-8)12-9(11(14)19)5-10(13)15-16-12/h5,7-8,18H,2-4,6H2,1H3,(H2,14,19). The molecule has 19 heavy (non-hydrogen) atoms. The lowest BCUT2D eigenvalue weighted by Gasteiger charge is -2.35. The number of aliphatic hydroxyl groups is 1. The van der Waals surface area contributed by atoms with Gasteiger partial charge in [-0.2, -0.15) is 0 Å². The van der Waals surface area contributed by atoms with E-state index in [1.807, 2.05) is 4.90 Å². The molecule has 0 radical (unpaired) electrons. The van der Waals surface area contributed by atoms with Gasteiger partial charge in [0.25, 0.3) is 5.91 Å². The molecule has 104 valence electrons. The van der Waals surface area contributed by atoms with E-state index in [2.05, 4.69) is 10.2 Å². The van der Waals surface area contributed by atoms with Gasteiger partial charge in [-0.1, -0.05) is 11.6 Å². The minimum Gasteiger partial charge on any atom is -0.393 e. The van der Waals surface area contributed by atoms with Gasteiger partial charge in [0.2, 0.25) is 0 Å². The van der Waals surface area contributed by atoms with E-state index < -0.39 is 5.91 Å². The number of piperidine rings is 1. The van der Waals surface area contributed by atoms with Gasteiger partial charge in [-0.25, -0.2) is 0 Å². The molecule has 2 unspecified atom stereocenters. The van der Waals surface area contributed by atoms with Gasteiger partial charge in [-0.05, 0) is 25.8 Å². The first-order valence-electron chi connectivity index (χ1n) is 6.25. The highest BCUT2D eigenvalue weighted by molar-refractivity contribution is 6.29. The normalized spacial score (nSPS) is 21.2. The highest BCUT2D eigenvalue weighted by atomic mass is 35.5. The molecule has 2 rings (SSSR count). The molecular weight excluding hydrogens is 268 g/mol. The van der Waals surface area contributed by atoms with Crippen LogP contribution in [-0.2, 0) is 0 Å². The summed E-state index contributed by atoms with van der Waals surface area (Å²) in [5.41, 5.74) is 5.61. The summed E-state index contributed by atoms with van der Waals surface area (Å²) in [6.07, 6.45) is 1.50. The van der Waals surface area contributed by atoms with Crippen molar-refractivity contribution in [3.05, 3.63) is 16.8 Å². The van der Waals surface area contributed by atoms with Crippen LogP contribution in [0.2, 0.25) is 5.15 Å². The maximum atomic E-state index is 11.5. The second-order valence-corrected chi connectivity index (χ2v) is 5.24.